The number of carbonyl (C=O) groups is 1. The van der Waals surface area contributed by atoms with E-state index in [-0.39, 0.29) is 10.1 Å². The van der Waals surface area contributed by atoms with Crippen LogP contribution in [-0.4, -0.2) is 33.5 Å². The van der Waals surface area contributed by atoms with Gasteiger partial charge in [-0.3, -0.25) is 4.79 Å². The Morgan fingerprint density at radius 1 is 1.13 bits per heavy atom. The smallest absolute Gasteiger partial charge is 0.250 e. The molecule has 1 saturated heterocycles. The molecular weight excluding hydrogens is 454 g/mol. The van der Waals surface area contributed by atoms with Gasteiger partial charge in [0.2, 0.25) is 5.91 Å². The quantitative estimate of drug-likeness (QED) is 0.603. The highest BCUT2D eigenvalue weighted by atomic mass is 35.5. The van der Waals surface area contributed by atoms with Crippen molar-refractivity contribution < 1.29 is 13.2 Å². The molecule has 1 aromatic heterocycles. The summed E-state index contributed by atoms with van der Waals surface area (Å²) in [4.78, 5) is 14.7. The van der Waals surface area contributed by atoms with Gasteiger partial charge in [-0.05, 0) is 78.7 Å². The van der Waals surface area contributed by atoms with E-state index in [1.165, 1.54) is 22.5 Å². The van der Waals surface area contributed by atoms with Gasteiger partial charge in [0.15, 0.2) is 0 Å². The highest BCUT2D eigenvalue weighted by Gasteiger charge is 2.36. The van der Waals surface area contributed by atoms with Gasteiger partial charge in [-0.2, -0.15) is 4.72 Å². The van der Waals surface area contributed by atoms with E-state index in [9.17, 15) is 13.2 Å². The number of thiophene rings is 1. The van der Waals surface area contributed by atoms with Crippen LogP contribution in [0.25, 0.3) is 10.1 Å². The first-order valence-electron chi connectivity index (χ1n) is 10.3. The van der Waals surface area contributed by atoms with Gasteiger partial charge in [0.1, 0.15) is 10.3 Å². The van der Waals surface area contributed by atoms with E-state index < -0.39 is 16.1 Å². The molecule has 2 N–H and O–H groups in total. The average Bonchev–Trinajstić information content (AvgIpc) is 3.23. The Kier molecular flexibility index (Phi) is 5.52. The largest absolute Gasteiger partial charge is 0.313 e. The molecule has 162 valence electrons. The summed E-state index contributed by atoms with van der Waals surface area (Å²) in [6, 6.07) is 12.2. The predicted molar refractivity (Wildman–Crippen MR) is 124 cm³/mol. The molecule has 0 saturated carbocycles. The summed E-state index contributed by atoms with van der Waals surface area (Å²) in [5, 5.41) is 4.73. The van der Waals surface area contributed by atoms with Gasteiger partial charge in [-0.15, -0.1) is 11.3 Å². The molecule has 0 bridgehead atoms. The van der Waals surface area contributed by atoms with E-state index in [1.54, 1.807) is 29.2 Å². The fourth-order valence-electron chi connectivity index (χ4n) is 4.23. The third-order valence-electron chi connectivity index (χ3n) is 5.84. The lowest BCUT2D eigenvalue weighted by molar-refractivity contribution is -0.118. The Morgan fingerprint density at radius 2 is 2.00 bits per heavy atom. The molecule has 0 aliphatic carbocycles. The van der Waals surface area contributed by atoms with E-state index in [4.69, 9.17) is 11.6 Å². The zero-order valence-corrected chi connectivity index (χ0v) is 19.1. The number of hydrogen-bond donors (Lipinski definition) is 2. The second-order valence-corrected chi connectivity index (χ2v) is 11.4. The molecule has 0 spiro atoms. The summed E-state index contributed by atoms with van der Waals surface area (Å²) in [7, 11) is -3.81. The number of sulfonamides is 1. The number of anilines is 1. The highest BCUT2D eigenvalue weighted by molar-refractivity contribution is 7.91. The molecular formula is C22H22ClN3O3S2. The fraction of sp³-hybridized carbons (Fsp3) is 0.318. The zero-order valence-electron chi connectivity index (χ0n) is 16.7. The summed E-state index contributed by atoms with van der Waals surface area (Å²) in [5.41, 5.74) is 3.34. The lowest BCUT2D eigenvalue weighted by Gasteiger charge is -2.19. The van der Waals surface area contributed by atoms with Gasteiger partial charge in [0.25, 0.3) is 10.0 Å². The number of amides is 1. The van der Waals surface area contributed by atoms with Gasteiger partial charge in [-0.25, -0.2) is 8.42 Å². The first-order chi connectivity index (χ1) is 14.9. The fourth-order valence-corrected chi connectivity index (χ4v) is 7.03. The van der Waals surface area contributed by atoms with Gasteiger partial charge >= 0.3 is 0 Å². The minimum atomic E-state index is -3.81. The van der Waals surface area contributed by atoms with Crippen LogP contribution in [0.5, 0.6) is 0 Å². The molecule has 31 heavy (non-hydrogen) atoms. The molecule has 2 aliphatic heterocycles. The van der Waals surface area contributed by atoms with Crippen molar-refractivity contribution in [2.75, 3.05) is 18.0 Å². The van der Waals surface area contributed by atoms with E-state index in [2.05, 4.69) is 22.2 Å². The number of aryl methyl sites for hydroxylation is 1. The third kappa shape index (κ3) is 4.10. The summed E-state index contributed by atoms with van der Waals surface area (Å²) < 4.78 is 29.5. The Labute approximate surface area is 190 Å². The van der Waals surface area contributed by atoms with Crippen LogP contribution in [0.1, 0.15) is 24.0 Å². The molecule has 6 nitrogen and oxygen atoms in total. The average molecular weight is 476 g/mol. The number of benzene rings is 2. The first kappa shape index (κ1) is 20.9. The molecule has 3 aromatic rings. The van der Waals surface area contributed by atoms with Crippen molar-refractivity contribution in [2.45, 2.75) is 36.1 Å². The number of fused-ring (bicyclic) bond motifs is 2. The summed E-state index contributed by atoms with van der Waals surface area (Å²) >= 11 is 7.18. The molecule has 2 aromatic carbocycles. The summed E-state index contributed by atoms with van der Waals surface area (Å²) in [6.45, 7) is 2.26. The second-order valence-electron chi connectivity index (χ2n) is 7.93. The van der Waals surface area contributed by atoms with E-state index in [0.29, 0.717) is 18.0 Å². The molecule has 1 atom stereocenters. The van der Waals surface area contributed by atoms with Crippen LogP contribution in [0.2, 0.25) is 5.02 Å². The van der Waals surface area contributed by atoms with Crippen LogP contribution >= 0.6 is 22.9 Å². The lowest BCUT2D eigenvalue weighted by atomic mass is 10.0. The molecule has 1 amide bonds. The van der Waals surface area contributed by atoms with E-state index >= 15 is 0 Å². The van der Waals surface area contributed by atoms with Crippen molar-refractivity contribution in [1.29, 1.82) is 0 Å². The number of halogens is 1. The van der Waals surface area contributed by atoms with Crippen LogP contribution in [-0.2, 0) is 27.8 Å². The van der Waals surface area contributed by atoms with Crippen molar-refractivity contribution in [3.05, 3.63) is 58.6 Å². The minimum Gasteiger partial charge on any atom is -0.313 e. The third-order valence-corrected chi connectivity index (χ3v) is 9.14. The first-order valence-corrected chi connectivity index (χ1v) is 12.9. The Hall–Kier alpha value is -1.97. The van der Waals surface area contributed by atoms with Crippen LogP contribution in [0.4, 0.5) is 5.69 Å². The van der Waals surface area contributed by atoms with Crippen LogP contribution in [0.15, 0.2) is 46.7 Å². The molecule has 0 unspecified atom stereocenters. The van der Waals surface area contributed by atoms with Crippen molar-refractivity contribution >= 4 is 54.6 Å². The van der Waals surface area contributed by atoms with Crippen LogP contribution in [0.3, 0.4) is 0 Å². The highest BCUT2D eigenvalue weighted by Crippen LogP contribution is 2.32. The molecule has 0 radical (unpaired) electrons. The van der Waals surface area contributed by atoms with Crippen molar-refractivity contribution in [3.8, 4) is 0 Å². The topological polar surface area (TPSA) is 78.5 Å². The molecule has 1 fully saturated rings. The maximum absolute atomic E-state index is 13.0. The lowest BCUT2D eigenvalue weighted by Crippen LogP contribution is -2.41. The number of nitrogens with one attached hydrogen (secondary N) is 2. The number of rotatable bonds is 4. The molecule has 5 rings (SSSR count). The summed E-state index contributed by atoms with van der Waals surface area (Å²) in [6.07, 6.45) is 2.56. The van der Waals surface area contributed by atoms with Gasteiger partial charge in [0, 0.05) is 28.5 Å². The van der Waals surface area contributed by atoms with Crippen molar-refractivity contribution in [2.24, 2.45) is 0 Å². The van der Waals surface area contributed by atoms with E-state index in [1.807, 2.05) is 6.07 Å². The minimum absolute atomic E-state index is 0.187. The second kappa shape index (κ2) is 8.18. The molecule has 9 heteroatoms. The van der Waals surface area contributed by atoms with Crippen LogP contribution in [0, 0.1) is 0 Å². The Morgan fingerprint density at radius 3 is 2.87 bits per heavy atom. The van der Waals surface area contributed by atoms with Crippen molar-refractivity contribution in [1.82, 2.24) is 10.0 Å². The monoisotopic (exact) mass is 475 g/mol. The molecule has 3 heterocycles. The molecule has 2 aliphatic rings. The van der Waals surface area contributed by atoms with Gasteiger partial charge in [-0.1, -0.05) is 17.7 Å². The SMILES string of the molecule is O=C1[C@@H](NS(=O)(=O)c2cc3cc(Cl)ccc3s2)CCN1c1ccc2c(c1)CNCCC2. The Balaban J connectivity index is 1.35. The van der Waals surface area contributed by atoms with E-state index in [0.717, 1.165) is 41.7 Å². The van der Waals surface area contributed by atoms with Gasteiger partial charge < -0.3 is 10.2 Å². The van der Waals surface area contributed by atoms with Gasteiger partial charge in [0.05, 0.1) is 0 Å². The standard InChI is InChI=1S/C22H22ClN3O3S2/c23-17-4-6-20-15(10-17)12-21(30-20)31(28,29)25-19-7-9-26(22(19)27)18-5-3-14-2-1-8-24-13-16(14)11-18/h3-6,10-12,19,24-25H,1-2,7-9,13H2/t19-/m0/s1. The normalized spacial score (nSPS) is 19.6. The maximum atomic E-state index is 13.0. The predicted octanol–water partition coefficient (Wildman–Crippen LogP) is 3.67. The summed E-state index contributed by atoms with van der Waals surface area (Å²) in [5.74, 6) is -0.214. The van der Waals surface area contributed by atoms with Crippen molar-refractivity contribution in [3.63, 3.8) is 0 Å². The Bertz CT molecular complexity index is 1270. The maximum Gasteiger partial charge on any atom is 0.250 e. The number of nitrogens with zero attached hydrogens (tertiary/aromatic N) is 1. The number of carbonyl (C=O) groups excluding carboxylic acids is 1. The zero-order chi connectivity index (χ0) is 21.6. The van der Waals surface area contributed by atoms with Crippen LogP contribution < -0.4 is 14.9 Å². The number of hydrogen-bond acceptors (Lipinski definition) is 5.